The lowest BCUT2D eigenvalue weighted by Crippen LogP contribution is -2.38. The highest BCUT2D eigenvalue weighted by Gasteiger charge is 2.25. The van der Waals surface area contributed by atoms with Crippen molar-refractivity contribution >= 4 is 11.5 Å². The fourth-order valence-corrected chi connectivity index (χ4v) is 4.06. The number of nitrogen functional groups attached to an aromatic ring is 1. The zero-order valence-electron chi connectivity index (χ0n) is 17.6. The Morgan fingerprint density at radius 3 is 2.74 bits per heavy atom. The third-order valence-electron chi connectivity index (χ3n) is 5.64. The Morgan fingerprint density at radius 2 is 1.97 bits per heavy atom. The van der Waals surface area contributed by atoms with Crippen LogP contribution in [-0.4, -0.2) is 28.4 Å². The lowest BCUT2D eigenvalue weighted by atomic mass is 9.96. The van der Waals surface area contributed by atoms with Gasteiger partial charge < -0.3 is 19.9 Å². The topological polar surface area (TPSA) is 119 Å². The van der Waals surface area contributed by atoms with Crippen molar-refractivity contribution in [1.29, 1.82) is 0 Å². The zero-order valence-corrected chi connectivity index (χ0v) is 17.6. The van der Waals surface area contributed by atoms with Gasteiger partial charge in [-0.25, -0.2) is 4.79 Å². The molecule has 0 spiro atoms. The van der Waals surface area contributed by atoms with Crippen molar-refractivity contribution in [2.45, 2.75) is 45.3 Å². The standard InChI is InChI=1S/C22H27N5O4/c1-30-12-11-27-20(23)19(21(28)24-22(27)29)26(13-15-7-3-2-4-8-15)14-17-16-9-5-6-10-18(16)31-25-17/h2-4,7-8H,5-6,9-14,23H2,1H3,(H,24,28,29). The number of hydrogen-bond acceptors (Lipinski definition) is 7. The Labute approximate surface area is 179 Å². The third kappa shape index (κ3) is 4.41. The number of aromatic amines is 1. The molecule has 2 heterocycles. The quantitative estimate of drug-likeness (QED) is 0.565. The molecule has 4 rings (SSSR count). The Balaban J connectivity index is 1.77. The molecule has 0 saturated heterocycles. The predicted molar refractivity (Wildman–Crippen MR) is 117 cm³/mol. The van der Waals surface area contributed by atoms with E-state index in [2.05, 4.69) is 10.1 Å². The summed E-state index contributed by atoms with van der Waals surface area (Å²) in [4.78, 5) is 29.5. The van der Waals surface area contributed by atoms with E-state index >= 15 is 0 Å². The third-order valence-corrected chi connectivity index (χ3v) is 5.64. The second kappa shape index (κ2) is 9.22. The van der Waals surface area contributed by atoms with Gasteiger partial charge in [0.15, 0.2) is 0 Å². The maximum absolute atomic E-state index is 12.9. The van der Waals surface area contributed by atoms with E-state index in [0.717, 1.165) is 48.3 Å². The Hall–Kier alpha value is -3.33. The van der Waals surface area contributed by atoms with Gasteiger partial charge in [-0.05, 0) is 24.8 Å². The van der Waals surface area contributed by atoms with Gasteiger partial charge in [-0.15, -0.1) is 0 Å². The molecule has 1 aliphatic carbocycles. The molecular weight excluding hydrogens is 398 g/mol. The molecule has 2 aromatic heterocycles. The number of nitrogens with one attached hydrogen (secondary N) is 1. The van der Waals surface area contributed by atoms with Crippen LogP contribution in [0.1, 0.15) is 35.4 Å². The van der Waals surface area contributed by atoms with Crippen LogP contribution in [0, 0.1) is 0 Å². The molecule has 0 aliphatic heterocycles. The number of nitrogens with zero attached hydrogens (tertiary/aromatic N) is 3. The molecule has 164 valence electrons. The molecule has 0 amide bonds. The number of H-pyrrole nitrogens is 1. The van der Waals surface area contributed by atoms with E-state index in [1.165, 1.54) is 4.57 Å². The van der Waals surface area contributed by atoms with Gasteiger partial charge in [0.2, 0.25) is 0 Å². The highest BCUT2D eigenvalue weighted by Crippen LogP contribution is 2.28. The van der Waals surface area contributed by atoms with Gasteiger partial charge in [0.25, 0.3) is 5.56 Å². The van der Waals surface area contributed by atoms with E-state index in [-0.39, 0.29) is 18.1 Å². The monoisotopic (exact) mass is 425 g/mol. The van der Waals surface area contributed by atoms with Crippen LogP contribution in [0.2, 0.25) is 0 Å². The van der Waals surface area contributed by atoms with Crippen LogP contribution in [0.3, 0.4) is 0 Å². The van der Waals surface area contributed by atoms with Crippen molar-refractivity contribution in [1.82, 2.24) is 14.7 Å². The lowest BCUT2D eigenvalue weighted by Gasteiger charge is -2.26. The molecule has 9 nitrogen and oxygen atoms in total. The molecule has 0 unspecified atom stereocenters. The first-order valence-electron chi connectivity index (χ1n) is 10.4. The summed E-state index contributed by atoms with van der Waals surface area (Å²) in [5.74, 6) is 1.03. The van der Waals surface area contributed by atoms with Gasteiger partial charge in [-0.3, -0.25) is 14.3 Å². The maximum atomic E-state index is 12.9. The number of rotatable bonds is 8. The fourth-order valence-electron chi connectivity index (χ4n) is 4.06. The van der Waals surface area contributed by atoms with E-state index < -0.39 is 11.2 Å². The smallest absolute Gasteiger partial charge is 0.330 e. The van der Waals surface area contributed by atoms with Gasteiger partial charge in [-0.1, -0.05) is 35.5 Å². The molecular formula is C22H27N5O4. The van der Waals surface area contributed by atoms with Crippen molar-refractivity contribution < 1.29 is 9.26 Å². The molecule has 1 aliphatic rings. The first kappa shape index (κ1) is 20.9. The first-order chi connectivity index (χ1) is 15.1. The normalized spacial score (nSPS) is 13.2. The van der Waals surface area contributed by atoms with E-state index in [4.69, 9.17) is 15.0 Å². The lowest BCUT2D eigenvalue weighted by molar-refractivity contribution is 0.186. The number of hydrogen-bond donors (Lipinski definition) is 2. The molecule has 0 fully saturated rings. The summed E-state index contributed by atoms with van der Waals surface area (Å²) in [6, 6.07) is 9.79. The molecule has 1 aromatic carbocycles. The Morgan fingerprint density at radius 1 is 1.19 bits per heavy atom. The number of anilines is 2. The second-order valence-corrected chi connectivity index (χ2v) is 7.72. The second-order valence-electron chi connectivity index (χ2n) is 7.72. The van der Waals surface area contributed by atoms with Crippen LogP contribution in [0.4, 0.5) is 11.5 Å². The minimum atomic E-state index is -0.554. The van der Waals surface area contributed by atoms with E-state index in [9.17, 15) is 9.59 Å². The summed E-state index contributed by atoms with van der Waals surface area (Å²) in [7, 11) is 1.54. The summed E-state index contributed by atoms with van der Waals surface area (Å²) in [6.45, 7) is 1.32. The van der Waals surface area contributed by atoms with Crippen LogP contribution in [0.25, 0.3) is 0 Å². The highest BCUT2D eigenvalue weighted by molar-refractivity contribution is 5.62. The van der Waals surface area contributed by atoms with Crippen molar-refractivity contribution in [2.75, 3.05) is 24.4 Å². The van der Waals surface area contributed by atoms with E-state index in [1.807, 2.05) is 35.2 Å². The Bertz CT molecular complexity index is 1150. The first-order valence-corrected chi connectivity index (χ1v) is 10.4. The highest BCUT2D eigenvalue weighted by atomic mass is 16.5. The number of methoxy groups -OCH3 is 1. The van der Waals surface area contributed by atoms with Crippen LogP contribution in [0.5, 0.6) is 0 Å². The van der Waals surface area contributed by atoms with Gasteiger partial charge in [0.05, 0.1) is 19.7 Å². The van der Waals surface area contributed by atoms with Gasteiger partial charge in [0, 0.05) is 25.6 Å². The van der Waals surface area contributed by atoms with Crippen LogP contribution in [-0.2, 0) is 37.2 Å². The predicted octanol–water partition coefficient (Wildman–Crippen LogP) is 1.84. The molecule has 31 heavy (non-hydrogen) atoms. The molecule has 3 aromatic rings. The summed E-state index contributed by atoms with van der Waals surface area (Å²) in [5, 5.41) is 4.30. The summed E-state index contributed by atoms with van der Waals surface area (Å²) in [6.07, 6.45) is 3.97. The van der Waals surface area contributed by atoms with Crippen LogP contribution in [0.15, 0.2) is 44.4 Å². The zero-order chi connectivity index (χ0) is 21.8. The largest absolute Gasteiger partial charge is 0.383 e. The van der Waals surface area contributed by atoms with Crippen molar-refractivity contribution in [3.8, 4) is 0 Å². The minimum Gasteiger partial charge on any atom is -0.383 e. The minimum absolute atomic E-state index is 0.110. The number of nitrogens with two attached hydrogens (primary N) is 1. The fraction of sp³-hybridized carbons (Fsp3) is 0.409. The molecule has 3 N–H and O–H groups in total. The van der Waals surface area contributed by atoms with Gasteiger partial charge in [0.1, 0.15) is 23.0 Å². The van der Waals surface area contributed by atoms with Crippen molar-refractivity contribution in [3.05, 3.63) is 73.8 Å². The van der Waals surface area contributed by atoms with E-state index in [0.29, 0.717) is 19.7 Å². The van der Waals surface area contributed by atoms with Crippen molar-refractivity contribution in [3.63, 3.8) is 0 Å². The summed E-state index contributed by atoms with van der Waals surface area (Å²) >= 11 is 0. The number of ether oxygens (including phenoxy) is 1. The molecule has 0 bridgehead atoms. The average Bonchev–Trinajstić information content (AvgIpc) is 3.17. The number of aromatic nitrogens is 3. The van der Waals surface area contributed by atoms with Gasteiger partial charge in [-0.2, -0.15) is 0 Å². The SMILES string of the molecule is COCCn1c(N)c(N(Cc2ccccc2)Cc2noc3c2CCCC3)c(=O)[nH]c1=O. The number of aryl methyl sites for hydroxylation is 1. The Kier molecular flexibility index (Phi) is 6.22. The van der Waals surface area contributed by atoms with Crippen molar-refractivity contribution in [2.24, 2.45) is 0 Å². The number of benzene rings is 1. The summed E-state index contributed by atoms with van der Waals surface area (Å²) < 4.78 is 12.0. The number of fused-ring (bicyclic) bond motifs is 1. The maximum Gasteiger partial charge on any atom is 0.330 e. The molecule has 0 saturated carbocycles. The average molecular weight is 425 g/mol. The molecule has 0 radical (unpaired) electrons. The molecule has 9 heteroatoms. The van der Waals surface area contributed by atoms with Crippen LogP contribution >= 0.6 is 0 Å². The summed E-state index contributed by atoms with van der Waals surface area (Å²) in [5.41, 5.74) is 8.44. The van der Waals surface area contributed by atoms with Gasteiger partial charge >= 0.3 is 5.69 Å². The van der Waals surface area contributed by atoms with E-state index in [1.54, 1.807) is 7.11 Å². The van der Waals surface area contributed by atoms with Crippen LogP contribution < -0.4 is 21.9 Å². The molecule has 0 atom stereocenters.